The molecule has 2 aromatic rings. The van der Waals surface area contributed by atoms with Gasteiger partial charge >= 0.3 is 11.8 Å². The number of amides is 2. The van der Waals surface area contributed by atoms with Gasteiger partial charge in [0.15, 0.2) is 0 Å². The summed E-state index contributed by atoms with van der Waals surface area (Å²) in [6.45, 7) is 4.30. The van der Waals surface area contributed by atoms with Crippen LogP contribution in [0, 0.1) is 13.8 Å². The van der Waals surface area contributed by atoms with Crippen LogP contribution in [-0.4, -0.2) is 43.7 Å². The van der Waals surface area contributed by atoms with E-state index >= 15 is 0 Å². The third-order valence-corrected chi connectivity index (χ3v) is 6.82. The van der Waals surface area contributed by atoms with Crippen LogP contribution >= 0.6 is 0 Å². The topological polar surface area (TPSA) is 95.6 Å². The largest absolute Gasteiger partial charge is 0.346 e. The molecule has 1 saturated heterocycles. The molecule has 2 amide bonds. The van der Waals surface area contributed by atoms with Crippen LogP contribution in [0.4, 0.5) is 5.69 Å². The van der Waals surface area contributed by atoms with Crippen molar-refractivity contribution in [3.8, 4) is 0 Å². The van der Waals surface area contributed by atoms with Crippen molar-refractivity contribution in [1.82, 2.24) is 9.62 Å². The van der Waals surface area contributed by atoms with Crippen LogP contribution in [0.25, 0.3) is 0 Å². The molecule has 2 aromatic carbocycles. The molecular formula is C21H25N3O4S. The second-order valence-electron chi connectivity index (χ2n) is 7.27. The van der Waals surface area contributed by atoms with E-state index in [9.17, 15) is 18.0 Å². The third kappa shape index (κ3) is 5.02. The predicted octanol–water partition coefficient (Wildman–Crippen LogP) is 2.21. The Morgan fingerprint density at radius 1 is 1.03 bits per heavy atom. The minimum absolute atomic E-state index is 0.0885. The first-order valence-corrected chi connectivity index (χ1v) is 11.0. The SMILES string of the molecule is Cc1cc(C)cc(NC(=O)C(=O)NC[C@H]2CCCN2S(=O)(=O)c2ccccc2)c1. The first kappa shape index (κ1) is 21.0. The molecule has 0 spiro atoms. The maximum atomic E-state index is 12.9. The van der Waals surface area contributed by atoms with Gasteiger partial charge in [-0.15, -0.1) is 0 Å². The van der Waals surface area contributed by atoms with E-state index in [2.05, 4.69) is 10.6 Å². The Labute approximate surface area is 171 Å². The van der Waals surface area contributed by atoms with E-state index in [1.807, 2.05) is 19.9 Å². The Morgan fingerprint density at radius 2 is 1.69 bits per heavy atom. The molecule has 7 nitrogen and oxygen atoms in total. The van der Waals surface area contributed by atoms with Gasteiger partial charge in [0.05, 0.1) is 4.90 Å². The summed E-state index contributed by atoms with van der Waals surface area (Å²) < 4.78 is 27.1. The average Bonchev–Trinajstić information content (AvgIpc) is 3.15. The highest BCUT2D eigenvalue weighted by molar-refractivity contribution is 7.89. The molecule has 0 aromatic heterocycles. The van der Waals surface area contributed by atoms with Crippen LogP contribution in [-0.2, 0) is 19.6 Å². The number of nitrogens with one attached hydrogen (secondary N) is 2. The number of carbonyl (C=O) groups excluding carboxylic acids is 2. The summed E-state index contributed by atoms with van der Waals surface area (Å²) in [5, 5.41) is 5.15. The van der Waals surface area contributed by atoms with Gasteiger partial charge in [0, 0.05) is 24.8 Å². The fourth-order valence-electron chi connectivity index (χ4n) is 3.58. The van der Waals surface area contributed by atoms with E-state index in [4.69, 9.17) is 0 Å². The Balaban J connectivity index is 1.61. The summed E-state index contributed by atoms with van der Waals surface area (Å²) in [5.74, 6) is -1.56. The molecule has 0 radical (unpaired) electrons. The number of aryl methyl sites for hydroxylation is 2. The molecule has 2 N–H and O–H groups in total. The van der Waals surface area contributed by atoms with Gasteiger partial charge in [-0.05, 0) is 62.1 Å². The Morgan fingerprint density at radius 3 is 2.34 bits per heavy atom. The maximum Gasteiger partial charge on any atom is 0.313 e. The molecular weight excluding hydrogens is 390 g/mol. The number of hydrogen-bond donors (Lipinski definition) is 2. The van der Waals surface area contributed by atoms with E-state index in [1.54, 1.807) is 42.5 Å². The number of rotatable bonds is 5. The van der Waals surface area contributed by atoms with Crippen molar-refractivity contribution in [2.24, 2.45) is 0 Å². The first-order valence-electron chi connectivity index (χ1n) is 9.52. The first-order chi connectivity index (χ1) is 13.8. The quantitative estimate of drug-likeness (QED) is 0.732. The van der Waals surface area contributed by atoms with Crippen LogP contribution in [0.2, 0.25) is 0 Å². The van der Waals surface area contributed by atoms with Crippen molar-refractivity contribution in [2.75, 3.05) is 18.4 Å². The molecule has 1 aliphatic heterocycles. The molecule has 1 heterocycles. The predicted molar refractivity (Wildman–Crippen MR) is 111 cm³/mol. The number of benzene rings is 2. The standard InChI is InChI=1S/C21H25N3O4S/c1-15-11-16(2)13-17(12-15)23-21(26)20(25)22-14-18-7-6-10-24(18)29(27,28)19-8-4-3-5-9-19/h3-5,8-9,11-13,18H,6-7,10,14H2,1-2H3,(H,22,25)(H,23,26)/t18-/m1/s1. The van der Waals surface area contributed by atoms with Crippen molar-refractivity contribution >= 4 is 27.5 Å². The smallest absolute Gasteiger partial charge is 0.313 e. The van der Waals surface area contributed by atoms with E-state index < -0.39 is 21.8 Å². The highest BCUT2D eigenvalue weighted by Crippen LogP contribution is 2.25. The number of nitrogens with zero attached hydrogens (tertiary/aromatic N) is 1. The summed E-state index contributed by atoms with van der Waals surface area (Å²) >= 11 is 0. The Kier molecular flexibility index (Phi) is 6.34. The Hall–Kier alpha value is -2.71. The van der Waals surface area contributed by atoms with E-state index in [1.165, 1.54) is 4.31 Å². The molecule has 1 atom stereocenters. The van der Waals surface area contributed by atoms with Gasteiger partial charge in [0.1, 0.15) is 0 Å². The average molecular weight is 416 g/mol. The lowest BCUT2D eigenvalue weighted by atomic mass is 10.1. The second kappa shape index (κ2) is 8.75. The van der Waals surface area contributed by atoms with E-state index in [0.717, 1.165) is 11.1 Å². The zero-order valence-electron chi connectivity index (χ0n) is 16.5. The zero-order valence-corrected chi connectivity index (χ0v) is 17.3. The molecule has 8 heteroatoms. The molecule has 0 bridgehead atoms. The van der Waals surface area contributed by atoms with Crippen molar-refractivity contribution < 1.29 is 18.0 Å². The third-order valence-electron chi connectivity index (χ3n) is 4.86. The van der Waals surface area contributed by atoms with Crippen LogP contribution in [0.5, 0.6) is 0 Å². The van der Waals surface area contributed by atoms with Crippen LogP contribution in [0.3, 0.4) is 0 Å². The van der Waals surface area contributed by atoms with Crippen LogP contribution in [0.15, 0.2) is 53.4 Å². The molecule has 1 fully saturated rings. The van der Waals surface area contributed by atoms with Crippen LogP contribution < -0.4 is 10.6 Å². The summed E-state index contributed by atoms with van der Waals surface area (Å²) in [4.78, 5) is 24.6. The summed E-state index contributed by atoms with van der Waals surface area (Å²) in [7, 11) is -3.63. The number of hydrogen-bond acceptors (Lipinski definition) is 4. The van der Waals surface area contributed by atoms with E-state index in [-0.39, 0.29) is 17.5 Å². The number of anilines is 1. The Bertz CT molecular complexity index is 986. The number of carbonyl (C=O) groups is 2. The van der Waals surface area contributed by atoms with Gasteiger partial charge < -0.3 is 10.6 Å². The molecule has 0 saturated carbocycles. The highest BCUT2D eigenvalue weighted by Gasteiger charge is 2.35. The lowest BCUT2D eigenvalue weighted by Gasteiger charge is -2.24. The molecule has 1 aliphatic rings. The van der Waals surface area contributed by atoms with Crippen molar-refractivity contribution in [3.63, 3.8) is 0 Å². The normalized spacial score (nSPS) is 17.1. The number of sulfonamides is 1. The molecule has 0 aliphatic carbocycles. The molecule has 3 rings (SSSR count). The van der Waals surface area contributed by atoms with Crippen molar-refractivity contribution in [3.05, 3.63) is 59.7 Å². The highest BCUT2D eigenvalue weighted by atomic mass is 32.2. The second-order valence-corrected chi connectivity index (χ2v) is 9.16. The van der Waals surface area contributed by atoms with Gasteiger partial charge in [-0.25, -0.2) is 8.42 Å². The summed E-state index contributed by atoms with van der Waals surface area (Å²) in [5.41, 5.74) is 2.51. The van der Waals surface area contributed by atoms with Crippen LogP contribution in [0.1, 0.15) is 24.0 Å². The fraction of sp³-hybridized carbons (Fsp3) is 0.333. The molecule has 29 heavy (non-hydrogen) atoms. The maximum absolute atomic E-state index is 12.9. The minimum Gasteiger partial charge on any atom is -0.346 e. The van der Waals surface area contributed by atoms with E-state index in [0.29, 0.717) is 25.1 Å². The van der Waals surface area contributed by atoms with Gasteiger partial charge in [-0.2, -0.15) is 4.31 Å². The molecule has 154 valence electrons. The van der Waals surface area contributed by atoms with Gasteiger partial charge in [0.25, 0.3) is 0 Å². The fourth-order valence-corrected chi connectivity index (χ4v) is 5.30. The van der Waals surface area contributed by atoms with Gasteiger partial charge in [0.2, 0.25) is 10.0 Å². The lowest BCUT2D eigenvalue weighted by molar-refractivity contribution is -0.136. The summed E-state index contributed by atoms with van der Waals surface area (Å²) in [6.07, 6.45) is 1.34. The lowest BCUT2D eigenvalue weighted by Crippen LogP contribution is -2.45. The monoisotopic (exact) mass is 415 g/mol. The van der Waals surface area contributed by atoms with Gasteiger partial charge in [-0.1, -0.05) is 24.3 Å². The summed E-state index contributed by atoms with van der Waals surface area (Å²) in [6, 6.07) is 13.4. The minimum atomic E-state index is -3.63. The molecule has 0 unspecified atom stereocenters. The van der Waals surface area contributed by atoms with Crippen molar-refractivity contribution in [1.29, 1.82) is 0 Å². The van der Waals surface area contributed by atoms with Gasteiger partial charge in [-0.3, -0.25) is 9.59 Å². The zero-order chi connectivity index (χ0) is 21.0. The van der Waals surface area contributed by atoms with Crippen molar-refractivity contribution in [2.45, 2.75) is 37.6 Å².